The third kappa shape index (κ3) is 5.49. The number of hydrogen-bond donors (Lipinski definition) is 1. The number of halogens is 3. The Morgan fingerprint density at radius 1 is 1.11 bits per heavy atom. The van der Waals surface area contributed by atoms with Crippen LogP contribution in [-0.4, -0.2) is 19.8 Å². The van der Waals surface area contributed by atoms with Gasteiger partial charge in [0.05, 0.1) is 21.7 Å². The molecule has 0 spiro atoms. The Kier molecular flexibility index (Phi) is 7.48. The van der Waals surface area contributed by atoms with E-state index in [2.05, 4.69) is 19.2 Å². The van der Waals surface area contributed by atoms with Crippen molar-refractivity contribution in [1.29, 1.82) is 0 Å². The van der Waals surface area contributed by atoms with E-state index >= 15 is 0 Å². The fourth-order valence-corrected chi connectivity index (χ4v) is 2.36. The van der Waals surface area contributed by atoms with Gasteiger partial charge in [-0.1, -0.05) is 54.7 Å². The average Bonchev–Trinajstić information content (AvgIpc) is 2.35. The molecule has 1 atom stereocenters. The first-order valence-electron chi connectivity index (χ1n) is 6.38. The maximum absolute atomic E-state index is 6.19. The first kappa shape index (κ1) is 17.1. The molecule has 19 heavy (non-hydrogen) atoms. The van der Waals surface area contributed by atoms with Crippen LogP contribution in [0.5, 0.6) is 0 Å². The highest BCUT2D eigenvalue weighted by atomic mass is 35.5. The second-order valence-corrected chi connectivity index (χ2v) is 6.07. The van der Waals surface area contributed by atoms with E-state index in [1.165, 1.54) is 0 Å². The van der Waals surface area contributed by atoms with Crippen LogP contribution in [0.1, 0.15) is 32.4 Å². The molecule has 0 amide bonds. The molecule has 1 unspecified atom stereocenters. The summed E-state index contributed by atoms with van der Waals surface area (Å²) in [5, 5.41) is 4.74. The molecule has 0 aromatic heterocycles. The molecular weight excluding hydrogens is 305 g/mol. The second kappa shape index (κ2) is 8.33. The van der Waals surface area contributed by atoms with Crippen molar-refractivity contribution in [1.82, 2.24) is 5.32 Å². The molecule has 1 aromatic carbocycles. The summed E-state index contributed by atoms with van der Waals surface area (Å²) in [6, 6.07) is 3.76. The smallest absolute Gasteiger partial charge is 0.0781 e. The summed E-state index contributed by atoms with van der Waals surface area (Å²) in [5.41, 5.74) is 0.944. The number of nitrogens with one attached hydrogen (secondary N) is 1. The maximum Gasteiger partial charge on any atom is 0.0781 e. The third-order valence-electron chi connectivity index (χ3n) is 2.68. The van der Waals surface area contributed by atoms with Crippen molar-refractivity contribution in [2.24, 2.45) is 5.92 Å². The summed E-state index contributed by atoms with van der Waals surface area (Å²) in [4.78, 5) is 0. The van der Waals surface area contributed by atoms with Gasteiger partial charge in [0, 0.05) is 19.2 Å². The quantitative estimate of drug-likeness (QED) is 0.565. The maximum atomic E-state index is 6.19. The lowest BCUT2D eigenvalue weighted by atomic mass is 10.1. The first-order valence-corrected chi connectivity index (χ1v) is 7.51. The Bertz CT molecular complexity index is 410. The Labute approximate surface area is 130 Å². The van der Waals surface area contributed by atoms with Crippen molar-refractivity contribution < 1.29 is 4.74 Å². The molecule has 0 radical (unpaired) electrons. The van der Waals surface area contributed by atoms with Gasteiger partial charge in [0.15, 0.2) is 0 Å². The Hall–Kier alpha value is 0.01000. The fraction of sp³-hybridized carbons (Fsp3) is 0.571. The number of benzene rings is 1. The summed E-state index contributed by atoms with van der Waals surface area (Å²) in [5.74, 6) is 0.557. The molecule has 0 saturated carbocycles. The zero-order valence-corrected chi connectivity index (χ0v) is 13.7. The van der Waals surface area contributed by atoms with Crippen LogP contribution >= 0.6 is 34.8 Å². The van der Waals surface area contributed by atoms with Crippen LogP contribution in [0, 0.1) is 5.92 Å². The summed E-state index contributed by atoms with van der Waals surface area (Å²) in [7, 11) is 0. The van der Waals surface area contributed by atoms with Gasteiger partial charge in [-0.05, 0) is 24.5 Å². The van der Waals surface area contributed by atoms with Crippen LogP contribution in [0.2, 0.25) is 15.1 Å². The van der Waals surface area contributed by atoms with E-state index in [1.54, 1.807) is 6.07 Å². The lowest BCUT2D eigenvalue weighted by molar-refractivity contribution is 0.110. The van der Waals surface area contributed by atoms with E-state index in [0.29, 0.717) is 27.6 Å². The molecule has 0 aliphatic rings. The number of rotatable bonds is 7. The van der Waals surface area contributed by atoms with Crippen molar-refractivity contribution in [2.45, 2.75) is 26.8 Å². The van der Waals surface area contributed by atoms with E-state index in [0.717, 1.165) is 18.7 Å². The average molecular weight is 325 g/mol. The van der Waals surface area contributed by atoms with E-state index in [4.69, 9.17) is 39.5 Å². The molecule has 0 fully saturated rings. The van der Waals surface area contributed by atoms with Crippen LogP contribution in [0.4, 0.5) is 0 Å². The number of ether oxygens (including phenoxy) is 1. The van der Waals surface area contributed by atoms with Gasteiger partial charge in [-0.15, -0.1) is 0 Å². The monoisotopic (exact) mass is 323 g/mol. The molecule has 0 saturated heterocycles. The molecule has 0 aliphatic carbocycles. The molecule has 5 heteroatoms. The van der Waals surface area contributed by atoms with Crippen LogP contribution in [0.25, 0.3) is 0 Å². The van der Waals surface area contributed by atoms with Gasteiger partial charge in [0.25, 0.3) is 0 Å². The van der Waals surface area contributed by atoms with E-state index in [1.807, 2.05) is 13.0 Å². The molecule has 2 nitrogen and oxygen atoms in total. The Morgan fingerprint density at radius 3 is 2.42 bits per heavy atom. The second-order valence-electron chi connectivity index (χ2n) is 4.91. The predicted molar refractivity (Wildman–Crippen MR) is 83.5 cm³/mol. The van der Waals surface area contributed by atoms with E-state index in [-0.39, 0.29) is 6.04 Å². The van der Waals surface area contributed by atoms with Gasteiger partial charge in [-0.2, -0.15) is 0 Å². The van der Waals surface area contributed by atoms with E-state index < -0.39 is 0 Å². The van der Waals surface area contributed by atoms with Gasteiger partial charge in [0.2, 0.25) is 0 Å². The minimum Gasteiger partial charge on any atom is -0.380 e. The van der Waals surface area contributed by atoms with Gasteiger partial charge in [0.1, 0.15) is 0 Å². The minimum atomic E-state index is 0.102. The van der Waals surface area contributed by atoms with Crippen molar-refractivity contribution >= 4 is 34.8 Å². The summed E-state index contributed by atoms with van der Waals surface area (Å²) in [6.07, 6.45) is 0. The minimum absolute atomic E-state index is 0.102. The fourth-order valence-electron chi connectivity index (χ4n) is 1.65. The van der Waals surface area contributed by atoms with Crippen molar-refractivity contribution in [2.75, 3.05) is 19.8 Å². The predicted octanol–water partition coefficient (Wildman–Crippen LogP) is 4.97. The third-order valence-corrected chi connectivity index (χ3v) is 3.99. The zero-order chi connectivity index (χ0) is 14.4. The van der Waals surface area contributed by atoms with Crippen LogP contribution in [-0.2, 0) is 4.74 Å². The van der Waals surface area contributed by atoms with Gasteiger partial charge >= 0.3 is 0 Å². The molecule has 0 heterocycles. The summed E-state index contributed by atoms with van der Waals surface area (Å²) < 4.78 is 5.51. The van der Waals surface area contributed by atoms with Gasteiger partial charge in [-0.25, -0.2) is 0 Å². The van der Waals surface area contributed by atoms with E-state index in [9.17, 15) is 0 Å². The lowest BCUT2D eigenvalue weighted by Crippen LogP contribution is -2.24. The highest BCUT2D eigenvalue weighted by Gasteiger charge is 2.13. The van der Waals surface area contributed by atoms with Crippen LogP contribution < -0.4 is 5.32 Å². The lowest BCUT2D eigenvalue weighted by Gasteiger charge is -2.17. The molecule has 1 rings (SSSR count). The molecule has 0 bridgehead atoms. The largest absolute Gasteiger partial charge is 0.380 e. The summed E-state index contributed by atoms with van der Waals surface area (Å²) >= 11 is 18.1. The topological polar surface area (TPSA) is 21.3 Å². The summed E-state index contributed by atoms with van der Waals surface area (Å²) in [6.45, 7) is 8.53. The zero-order valence-electron chi connectivity index (χ0n) is 11.5. The molecular formula is C14H20Cl3NO. The van der Waals surface area contributed by atoms with Gasteiger partial charge < -0.3 is 10.1 Å². The highest BCUT2D eigenvalue weighted by molar-refractivity contribution is 6.48. The standard InChI is InChI=1S/C14H20Cl3NO/c1-9(2)8-19-7-6-18-10(3)11-4-5-12(15)14(17)13(11)16/h4-5,9-10,18H,6-8H2,1-3H3. The molecule has 108 valence electrons. The first-order chi connectivity index (χ1) is 8.93. The Balaban J connectivity index is 2.46. The molecule has 0 aliphatic heterocycles. The Morgan fingerprint density at radius 2 is 1.79 bits per heavy atom. The molecule has 1 aromatic rings. The highest BCUT2D eigenvalue weighted by Crippen LogP contribution is 2.35. The van der Waals surface area contributed by atoms with Crippen LogP contribution in [0.3, 0.4) is 0 Å². The molecule has 1 N–H and O–H groups in total. The van der Waals surface area contributed by atoms with Crippen LogP contribution in [0.15, 0.2) is 12.1 Å². The van der Waals surface area contributed by atoms with Crippen molar-refractivity contribution in [3.8, 4) is 0 Å². The van der Waals surface area contributed by atoms with Gasteiger partial charge in [-0.3, -0.25) is 0 Å². The number of hydrogen-bond acceptors (Lipinski definition) is 2. The SMILES string of the molecule is CC(C)COCCNC(C)c1ccc(Cl)c(Cl)c1Cl. The normalized spacial score (nSPS) is 13.0. The van der Waals surface area contributed by atoms with Crippen molar-refractivity contribution in [3.05, 3.63) is 32.8 Å². The van der Waals surface area contributed by atoms with Crippen molar-refractivity contribution in [3.63, 3.8) is 0 Å².